The summed E-state index contributed by atoms with van der Waals surface area (Å²) in [5.41, 5.74) is 1.40. The molecule has 0 bridgehead atoms. The van der Waals surface area contributed by atoms with Crippen LogP contribution in [0.2, 0.25) is 18.6 Å². The maximum atomic E-state index is 15.3. The highest BCUT2D eigenvalue weighted by Gasteiger charge is 2.66. The molecule has 0 unspecified atom stereocenters. The summed E-state index contributed by atoms with van der Waals surface area (Å²) in [4.78, 5) is 57.7. The van der Waals surface area contributed by atoms with Crippen molar-refractivity contribution in [2.45, 2.75) is 56.8 Å². The molecule has 3 amide bonds. The smallest absolute Gasteiger partial charge is 0.269 e. The maximum Gasteiger partial charge on any atom is 0.269 e. The van der Waals surface area contributed by atoms with E-state index in [1.165, 1.54) is 12.1 Å². The Morgan fingerprint density at radius 2 is 1.54 bits per heavy atom. The number of carbonyl (C=O) groups excluding carboxylic acids is 3. The summed E-state index contributed by atoms with van der Waals surface area (Å²) in [5, 5.41) is 26.3. The third kappa shape index (κ3) is 8.38. The molecule has 2 heterocycles. The van der Waals surface area contributed by atoms with Gasteiger partial charge in [0.25, 0.3) is 17.5 Å². The van der Waals surface area contributed by atoms with Crippen molar-refractivity contribution in [3.8, 4) is 11.5 Å². The number of aliphatic hydroxyl groups excluding tert-OH is 1. The van der Waals surface area contributed by atoms with E-state index >= 15 is 4.79 Å². The average molecular weight is 843 g/mol. The van der Waals surface area contributed by atoms with Crippen LogP contribution in [0.1, 0.15) is 40.4 Å². The van der Waals surface area contributed by atoms with Crippen LogP contribution in [0.3, 0.4) is 0 Å². The predicted molar refractivity (Wildman–Crippen MR) is 235 cm³/mol. The van der Waals surface area contributed by atoms with Gasteiger partial charge in [0.05, 0.1) is 58.6 Å². The lowest BCUT2D eigenvalue weighted by atomic mass is 9.82. The van der Waals surface area contributed by atoms with Crippen LogP contribution in [0.25, 0.3) is 0 Å². The Morgan fingerprint density at radius 3 is 2.15 bits per heavy atom. The normalized spacial score (nSPS) is 19.4. The van der Waals surface area contributed by atoms with Crippen molar-refractivity contribution in [3.63, 3.8) is 0 Å². The van der Waals surface area contributed by atoms with Gasteiger partial charge in [0.15, 0.2) is 5.60 Å². The van der Waals surface area contributed by atoms with Crippen molar-refractivity contribution in [2.75, 3.05) is 37.6 Å². The number of non-ortho nitro benzene ring substituents is 1. The van der Waals surface area contributed by atoms with Gasteiger partial charge in [-0.05, 0) is 71.3 Å². The summed E-state index contributed by atoms with van der Waals surface area (Å²) in [5.74, 6) is -0.0930. The molecule has 0 radical (unpaired) electrons. The molecule has 4 atom stereocenters. The summed E-state index contributed by atoms with van der Waals surface area (Å²) in [6.07, 6.45) is -0.829. The van der Waals surface area contributed by atoms with E-state index in [2.05, 4.69) is 18.4 Å². The zero-order valence-corrected chi connectivity index (χ0v) is 35.9. The Morgan fingerprint density at radius 1 is 0.902 bits per heavy atom. The molecule has 2 aliphatic heterocycles. The number of rotatable bonds is 15. The molecule has 0 aromatic heterocycles. The molecule has 1 saturated heterocycles. The van der Waals surface area contributed by atoms with Gasteiger partial charge in [0, 0.05) is 48.0 Å². The minimum Gasteiger partial charge on any atom is -0.497 e. The number of benzene rings is 5. The van der Waals surface area contributed by atoms with Gasteiger partial charge in [-0.15, -0.1) is 0 Å². The molecular weight excluding hydrogens is 793 g/mol. The Hall–Kier alpha value is -6.35. The van der Waals surface area contributed by atoms with Gasteiger partial charge in [-0.2, -0.15) is 0 Å². The van der Waals surface area contributed by atoms with Crippen LogP contribution in [0.4, 0.5) is 17.1 Å². The van der Waals surface area contributed by atoms with Crippen molar-refractivity contribution in [2.24, 2.45) is 5.92 Å². The maximum absolute atomic E-state index is 15.3. The highest BCUT2D eigenvalue weighted by molar-refractivity contribution is 6.91. The predicted octanol–water partition coefficient (Wildman–Crippen LogP) is 7.04. The number of hydrogen-bond acceptors (Lipinski definition) is 9. The second kappa shape index (κ2) is 17.7. The molecule has 13 nitrogen and oxygen atoms in total. The first-order valence-electron chi connectivity index (χ1n) is 20.2. The number of anilines is 2. The molecule has 7 rings (SSSR count). The minimum atomic E-state index is -2.67. The number of amides is 3. The molecule has 2 aliphatic rings. The number of aliphatic hydroxyl groups is 1. The van der Waals surface area contributed by atoms with E-state index in [4.69, 9.17) is 14.2 Å². The van der Waals surface area contributed by atoms with E-state index in [-0.39, 0.29) is 61.6 Å². The number of ether oxygens (including phenoxy) is 3. The molecule has 0 aliphatic carbocycles. The molecule has 1 spiro atoms. The average Bonchev–Trinajstić information content (AvgIpc) is 3.69. The molecule has 5 aromatic carbocycles. The topological polar surface area (TPSA) is 161 Å². The first-order valence-corrected chi connectivity index (χ1v) is 23.3. The van der Waals surface area contributed by atoms with Crippen LogP contribution >= 0.6 is 0 Å². The zero-order chi connectivity index (χ0) is 43.5. The number of fused-ring (bicyclic) bond motifs is 2. The van der Waals surface area contributed by atoms with E-state index in [1.807, 2.05) is 73.7 Å². The van der Waals surface area contributed by atoms with Crippen LogP contribution in [0.5, 0.6) is 11.5 Å². The van der Waals surface area contributed by atoms with E-state index in [0.717, 1.165) is 16.3 Å². The van der Waals surface area contributed by atoms with Crippen molar-refractivity contribution in [3.05, 3.63) is 154 Å². The number of methoxy groups -OCH3 is 2. The monoisotopic (exact) mass is 842 g/mol. The molecule has 1 fully saturated rings. The third-order valence-corrected chi connectivity index (χ3v) is 16.6. The number of nitro benzene ring substituents is 1. The number of carbonyl (C=O) groups is 3. The van der Waals surface area contributed by atoms with Crippen molar-refractivity contribution >= 4 is 48.0 Å². The third-order valence-electron chi connectivity index (χ3n) is 12.2. The Labute approximate surface area is 356 Å². The molecule has 316 valence electrons. The standard InChI is InChI=1S/C47H50N4O9Si/c1-31-44(61(4,5)39-22-20-38(59-3)21-23-39)42(28-43(53)49(25-26-52)29-32-9-7-6-8-10-32)60-47(31)40-27-36(51(56)57)17-24-41(40)50(46(47)55)30-33-11-15-35(16-12-33)48-45(54)34-13-18-37(58-2)19-14-34/h6-24,27,31,42,44,52H,25-26,28-30H2,1-5H3,(H,48,54)/t31-,42+,44-,47+/m0/s1. The summed E-state index contributed by atoms with van der Waals surface area (Å²) in [7, 11) is 0.488. The number of hydrogen-bond donors (Lipinski definition) is 2. The first-order chi connectivity index (χ1) is 29.3. The lowest BCUT2D eigenvalue weighted by Gasteiger charge is -2.37. The quantitative estimate of drug-likeness (QED) is 0.0641. The zero-order valence-electron chi connectivity index (χ0n) is 34.9. The van der Waals surface area contributed by atoms with Gasteiger partial charge >= 0.3 is 0 Å². The summed E-state index contributed by atoms with van der Waals surface area (Å²) in [6.45, 7) is 6.63. The second-order valence-electron chi connectivity index (χ2n) is 16.1. The summed E-state index contributed by atoms with van der Waals surface area (Å²) in [6, 6.07) is 35.7. The number of nitro groups is 1. The molecule has 14 heteroatoms. The molecule has 2 N–H and O–H groups in total. The molecule has 61 heavy (non-hydrogen) atoms. The van der Waals surface area contributed by atoms with E-state index < -0.39 is 30.6 Å². The fourth-order valence-electron chi connectivity index (χ4n) is 9.11. The lowest BCUT2D eigenvalue weighted by Crippen LogP contribution is -2.52. The van der Waals surface area contributed by atoms with Gasteiger partial charge in [-0.25, -0.2) is 0 Å². The number of nitrogens with one attached hydrogen (secondary N) is 1. The largest absolute Gasteiger partial charge is 0.497 e. The van der Waals surface area contributed by atoms with Gasteiger partial charge in [0.1, 0.15) is 11.5 Å². The van der Waals surface area contributed by atoms with Crippen LogP contribution in [0, 0.1) is 16.0 Å². The lowest BCUT2D eigenvalue weighted by molar-refractivity contribution is -0.385. The fraction of sp³-hybridized carbons (Fsp3) is 0.298. The van der Waals surface area contributed by atoms with Crippen molar-refractivity contribution in [1.82, 2.24) is 4.90 Å². The molecular formula is C47H50N4O9Si. The van der Waals surface area contributed by atoms with Crippen LogP contribution in [0.15, 0.2) is 121 Å². The summed E-state index contributed by atoms with van der Waals surface area (Å²) < 4.78 is 17.8. The second-order valence-corrected chi connectivity index (χ2v) is 20.8. The van der Waals surface area contributed by atoms with Crippen molar-refractivity contribution < 1.29 is 38.6 Å². The highest BCUT2D eigenvalue weighted by atomic mass is 28.3. The van der Waals surface area contributed by atoms with Gasteiger partial charge in [-0.3, -0.25) is 24.5 Å². The fourth-order valence-corrected chi connectivity index (χ4v) is 13.1. The SMILES string of the molecule is COc1ccc(C(=O)Nc2ccc(CN3C(=O)[C@]4(O[C@H](CC(=O)N(CCO)Cc5ccccc5)[C@@H]([Si](C)(C)c5ccc(OC)cc5)[C@@H]4C)c4cc([N+](=O)[O-])ccc43)cc2)cc1. The van der Waals surface area contributed by atoms with Gasteiger partial charge in [-0.1, -0.05) is 79.8 Å². The van der Waals surface area contributed by atoms with E-state index in [1.54, 1.807) is 66.5 Å². The first kappa shape index (κ1) is 42.8. The van der Waals surface area contributed by atoms with Gasteiger partial charge < -0.3 is 34.4 Å². The number of nitrogens with zero attached hydrogens (tertiary/aromatic N) is 3. The molecule has 0 saturated carbocycles. The van der Waals surface area contributed by atoms with Gasteiger partial charge in [0.2, 0.25) is 5.91 Å². The minimum absolute atomic E-state index is 0.0720. The van der Waals surface area contributed by atoms with E-state index in [0.29, 0.717) is 34.0 Å². The Kier molecular flexibility index (Phi) is 12.4. The highest BCUT2D eigenvalue weighted by Crippen LogP contribution is 2.60. The molecule has 5 aromatic rings. The Bertz CT molecular complexity index is 2390. The van der Waals surface area contributed by atoms with Crippen LogP contribution in [-0.4, -0.2) is 74.2 Å². The van der Waals surface area contributed by atoms with Crippen LogP contribution in [-0.2, 0) is 33.0 Å². The van der Waals surface area contributed by atoms with Crippen LogP contribution < -0.4 is 24.9 Å². The van der Waals surface area contributed by atoms with E-state index in [9.17, 15) is 24.8 Å². The van der Waals surface area contributed by atoms with Crippen molar-refractivity contribution in [1.29, 1.82) is 0 Å². The Balaban J connectivity index is 1.24. The summed E-state index contributed by atoms with van der Waals surface area (Å²) >= 11 is 0.